The van der Waals surface area contributed by atoms with Crippen molar-refractivity contribution in [2.24, 2.45) is 5.73 Å². The highest BCUT2D eigenvalue weighted by molar-refractivity contribution is 7.13. The Kier molecular flexibility index (Phi) is 4.92. The van der Waals surface area contributed by atoms with Crippen LogP contribution >= 0.6 is 11.3 Å². The molecule has 0 fully saturated rings. The second-order valence-electron chi connectivity index (χ2n) is 5.95. The molecule has 0 amide bonds. The first-order valence-corrected chi connectivity index (χ1v) is 7.20. The van der Waals surface area contributed by atoms with E-state index in [0.717, 1.165) is 18.5 Å². The average Bonchev–Trinajstić information content (AvgIpc) is 2.61. The largest absolute Gasteiger partial charge is 0.459 e. The van der Waals surface area contributed by atoms with Crippen LogP contribution in [0.3, 0.4) is 0 Å². The summed E-state index contributed by atoms with van der Waals surface area (Å²) in [5.41, 5.74) is 11.1. The normalized spacial score (nSPS) is 15.0. The molecule has 19 heavy (non-hydrogen) atoms. The van der Waals surface area contributed by atoms with Crippen LogP contribution in [0.2, 0.25) is 0 Å². The molecule has 1 aromatic rings. The number of thiazole rings is 1. The summed E-state index contributed by atoms with van der Waals surface area (Å²) in [4.78, 5) is 16.1. The molecule has 1 unspecified atom stereocenters. The quantitative estimate of drug-likeness (QED) is 0.808. The Morgan fingerprint density at radius 2 is 2.05 bits per heavy atom. The number of ether oxygens (including phenoxy) is 1. The SMILES string of the molecule is CC(C)(C)OC(=O)C(C)(N)CCCc1csc(N)n1. The molecule has 1 rings (SSSR count). The third-order valence-corrected chi connectivity index (χ3v) is 3.29. The van der Waals surface area contributed by atoms with Gasteiger partial charge in [0.15, 0.2) is 5.13 Å². The fraction of sp³-hybridized carbons (Fsp3) is 0.692. The fourth-order valence-electron chi connectivity index (χ4n) is 1.57. The van der Waals surface area contributed by atoms with E-state index in [0.29, 0.717) is 11.6 Å². The molecular weight excluding hydrogens is 262 g/mol. The van der Waals surface area contributed by atoms with Gasteiger partial charge in [-0.1, -0.05) is 0 Å². The Labute approximate surface area is 118 Å². The van der Waals surface area contributed by atoms with Crippen LogP contribution in [0.4, 0.5) is 5.13 Å². The number of nitrogens with two attached hydrogens (primary N) is 2. The van der Waals surface area contributed by atoms with Gasteiger partial charge in [0, 0.05) is 5.38 Å². The minimum atomic E-state index is -0.963. The predicted octanol–water partition coefficient (Wildman–Crippen LogP) is 2.11. The van der Waals surface area contributed by atoms with Crippen molar-refractivity contribution in [2.45, 2.75) is 58.1 Å². The Balaban J connectivity index is 2.44. The summed E-state index contributed by atoms with van der Waals surface area (Å²) >= 11 is 1.42. The number of aryl methyl sites for hydroxylation is 1. The zero-order valence-corrected chi connectivity index (χ0v) is 12.8. The van der Waals surface area contributed by atoms with E-state index in [1.54, 1.807) is 6.92 Å². The monoisotopic (exact) mass is 285 g/mol. The molecule has 0 bridgehead atoms. The van der Waals surface area contributed by atoms with Gasteiger partial charge in [0.1, 0.15) is 11.1 Å². The molecule has 0 aliphatic rings. The Morgan fingerprint density at radius 1 is 1.42 bits per heavy atom. The maximum atomic E-state index is 11.9. The maximum Gasteiger partial charge on any atom is 0.326 e. The van der Waals surface area contributed by atoms with Gasteiger partial charge in [-0.3, -0.25) is 4.79 Å². The van der Waals surface area contributed by atoms with Gasteiger partial charge in [0.25, 0.3) is 0 Å². The van der Waals surface area contributed by atoms with Crippen molar-refractivity contribution in [3.05, 3.63) is 11.1 Å². The molecule has 0 saturated carbocycles. The molecule has 0 aliphatic carbocycles. The van der Waals surface area contributed by atoms with E-state index in [4.69, 9.17) is 16.2 Å². The smallest absolute Gasteiger partial charge is 0.326 e. The molecule has 0 aliphatic heterocycles. The van der Waals surface area contributed by atoms with Gasteiger partial charge in [0.05, 0.1) is 5.69 Å². The van der Waals surface area contributed by atoms with Crippen molar-refractivity contribution >= 4 is 22.4 Å². The topological polar surface area (TPSA) is 91.2 Å². The van der Waals surface area contributed by atoms with Crippen molar-refractivity contribution in [3.8, 4) is 0 Å². The summed E-state index contributed by atoms with van der Waals surface area (Å²) in [5.74, 6) is -0.363. The fourth-order valence-corrected chi connectivity index (χ4v) is 2.17. The predicted molar refractivity (Wildman–Crippen MR) is 77.9 cm³/mol. The van der Waals surface area contributed by atoms with Crippen molar-refractivity contribution in [3.63, 3.8) is 0 Å². The standard InChI is InChI=1S/C13H23N3O2S/c1-12(2,3)18-10(17)13(4,15)7-5-6-9-8-19-11(14)16-9/h8H,5-7,15H2,1-4H3,(H2,14,16). The highest BCUT2D eigenvalue weighted by atomic mass is 32.1. The number of nitrogen functional groups attached to an aromatic ring is 1. The molecule has 108 valence electrons. The molecule has 4 N–H and O–H groups in total. The average molecular weight is 285 g/mol. The van der Waals surface area contributed by atoms with Crippen LogP contribution in [-0.2, 0) is 16.0 Å². The van der Waals surface area contributed by atoms with E-state index in [1.165, 1.54) is 11.3 Å². The highest BCUT2D eigenvalue weighted by Crippen LogP contribution is 2.19. The molecule has 0 aromatic carbocycles. The van der Waals surface area contributed by atoms with E-state index < -0.39 is 11.1 Å². The molecule has 5 nitrogen and oxygen atoms in total. The Bertz CT molecular complexity index is 435. The van der Waals surface area contributed by atoms with Gasteiger partial charge in [-0.2, -0.15) is 0 Å². The summed E-state index contributed by atoms with van der Waals surface area (Å²) in [5, 5.41) is 2.49. The second-order valence-corrected chi connectivity index (χ2v) is 6.84. The van der Waals surface area contributed by atoms with Gasteiger partial charge in [-0.15, -0.1) is 11.3 Å². The number of nitrogens with zero attached hydrogens (tertiary/aromatic N) is 1. The first-order valence-electron chi connectivity index (χ1n) is 6.32. The van der Waals surface area contributed by atoms with E-state index in [2.05, 4.69) is 4.98 Å². The lowest BCUT2D eigenvalue weighted by Crippen LogP contribution is -2.48. The van der Waals surface area contributed by atoms with Gasteiger partial charge in [-0.25, -0.2) is 4.98 Å². The molecular formula is C13H23N3O2S. The van der Waals surface area contributed by atoms with Crippen molar-refractivity contribution < 1.29 is 9.53 Å². The van der Waals surface area contributed by atoms with E-state index >= 15 is 0 Å². The van der Waals surface area contributed by atoms with Crippen LogP contribution in [0, 0.1) is 0 Å². The highest BCUT2D eigenvalue weighted by Gasteiger charge is 2.32. The second kappa shape index (κ2) is 5.88. The van der Waals surface area contributed by atoms with Crippen LogP contribution in [0.5, 0.6) is 0 Å². The lowest BCUT2D eigenvalue weighted by Gasteiger charge is -2.28. The Hall–Kier alpha value is -1.14. The summed E-state index contributed by atoms with van der Waals surface area (Å²) in [6, 6.07) is 0. The van der Waals surface area contributed by atoms with Gasteiger partial charge in [-0.05, 0) is 47.0 Å². The summed E-state index contributed by atoms with van der Waals surface area (Å²) < 4.78 is 5.31. The molecule has 1 heterocycles. The first kappa shape index (κ1) is 15.9. The number of carbonyl (C=O) groups is 1. The number of aromatic nitrogens is 1. The van der Waals surface area contributed by atoms with Crippen LogP contribution in [0.1, 0.15) is 46.2 Å². The van der Waals surface area contributed by atoms with Crippen molar-refractivity contribution in [1.29, 1.82) is 0 Å². The zero-order valence-electron chi connectivity index (χ0n) is 12.0. The Morgan fingerprint density at radius 3 is 2.53 bits per heavy atom. The van der Waals surface area contributed by atoms with E-state index in [1.807, 2.05) is 26.2 Å². The molecule has 0 spiro atoms. The van der Waals surface area contributed by atoms with Gasteiger partial charge < -0.3 is 16.2 Å². The van der Waals surface area contributed by atoms with Crippen molar-refractivity contribution in [1.82, 2.24) is 4.98 Å². The molecule has 1 atom stereocenters. The molecule has 1 aromatic heterocycles. The number of rotatable bonds is 5. The third kappa shape index (κ3) is 5.57. The van der Waals surface area contributed by atoms with Gasteiger partial charge in [0.2, 0.25) is 0 Å². The van der Waals surface area contributed by atoms with E-state index in [-0.39, 0.29) is 5.97 Å². The van der Waals surface area contributed by atoms with Crippen LogP contribution in [-0.4, -0.2) is 22.1 Å². The number of anilines is 1. The molecule has 0 radical (unpaired) electrons. The number of esters is 1. The maximum absolute atomic E-state index is 11.9. The lowest BCUT2D eigenvalue weighted by molar-refractivity contribution is -0.161. The first-order chi connectivity index (χ1) is 8.60. The molecule has 0 saturated heterocycles. The number of carbonyl (C=O) groups excluding carboxylic acids is 1. The van der Waals surface area contributed by atoms with Crippen LogP contribution < -0.4 is 11.5 Å². The summed E-state index contributed by atoms with van der Waals surface area (Å²) in [6.45, 7) is 7.20. The summed E-state index contributed by atoms with van der Waals surface area (Å²) in [6.07, 6.45) is 2.10. The zero-order chi connectivity index (χ0) is 14.7. The van der Waals surface area contributed by atoms with Crippen LogP contribution in [0.15, 0.2) is 5.38 Å². The van der Waals surface area contributed by atoms with E-state index in [9.17, 15) is 4.79 Å². The minimum Gasteiger partial charge on any atom is -0.459 e. The number of hydrogen-bond donors (Lipinski definition) is 2. The van der Waals surface area contributed by atoms with Gasteiger partial charge >= 0.3 is 5.97 Å². The third-order valence-electron chi connectivity index (χ3n) is 2.56. The lowest BCUT2D eigenvalue weighted by atomic mass is 9.95. The minimum absolute atomic E-state index is 0.363. The summed E-state index contributed by atoms with van der Waals surface area (Å²) in [7, 11) is 0. The molecule has 6 heteroatoms. The number of hydrogen-bond acceptors (Lipinski definition) is 6. The van der Waals surface area contributed by atoms with Crippen molar-refractivity contribution in [2.75, 3.05) is 5.73 Å². The van der Waals surface area contributed by atoms with Crippen LogP contribution in [0.25, 0.3) is 0 Å².